The SMILES string of the molecule is CC(Br)=CCB(c1ccc(F)cc1)c1ccc(F)cc1.Cc1cnc(Cc2ccccc2Br)[nH]1. The van der Waals surface area contributed by atoms with E-state index >= 15 is 0 Å². The Bertz CT molecular complexity index is 1170. The molecule has 0 aliphatic carbocycles. The van der Waals surface area contributed by atoms with Crippen LogP contribution in [0.15, 0.2) is 94.0 Å². The molecule has 0 spiro atoms. The number of hydrogen-bond donors (Lipinski definition) is 1. The molecule has 3 aromatic carbocycles. The Labute approximate surface area is 216 Å². The topological polar surface area (TPSA) is 28.7 Å². The van der Waals surface area contributed by atoms with Crippen LogP contribution in [0.2, 0.25) is 6.32 Å². The van der Waals surface area contributed by atoms with Gasteiger partial charge in [0.05, 0.1) is 0 Å². The number of hydrogen-bond acceptors (Lipinski definition) is 1. The van der Waals surface area contributed by atoms with Crippen LogP contribution in [-0.2, 0) is 6.42 Å². The number of allylic oxidation sites excluding steroid dienone is 2. The zero-order valence-electron chi connectivity index (χ0n) is 19.0. The van der Waals surface area contributed by atoms with Crippen molar-refractivity contribution >= 4 is 49.5 Å². The predicted molar refractivity (Wildman–Crippen MR) is 146 cm³/mol. The molecule has 4 rings (SSSR count). The summed E-state index contributed by atoms with van der Waals surface area (Å²) in [5.41, 5.74) is 4.39. The number of halogens is 4. The second kappa shape index (κ2) is 12.8. The Morgan fingerprint density at radius 1 is 0.941 bits per heavy atom. The minimum atomic E-state index is -0.251. The van der Waals surface area contributed by atoms with E-state index in [0.29, 0.717) is 0 Å². The third-order valence-electron chi connectivity index (χ3n) is 5.25. The molecule has 0 radical (unpaired) electrons. The number of imidazole rings is 1. The smallest absolute Gasteiger partial charge is 0.213 e. The summed E-state index contributed by atoms with van der Waals surface area (Å²) < 4.78 is 28.3. The first kappa shape index (κ1) is 26.1. The monoisotopic (exact) mass is 584 g/mol. The van der Waals surface area contributed by atoms with Gasteiger partial charge in [0.2, 0.25) is 6.71 Å². The van der Waals surface area contributed by atoms with Gasteiger partial charge in [0.25, 0.3) is 0 Å². The highest BCUT2D eigenvalue weighted by molar-refractivity contribution is 9.11. The Morgan fingerprint density at radius 2 is 1.50 bits per heavy atom. The fraction of sp³-hybridized carbons (Fsp3) is 0.148. The van der Waals surface area contributed by atoms with Crippen LogP contribution in [0, 0.1) is 18.6 Å². The summed E-state index contributed by atoms with van der Waals surface area (Å²) in [5.74, 6) is 0.507. The Balaban J connectivity index is 0.000000202. The predicted octanol–water partition coefficient (Wildman–Crippen LogP) is 6.94. The van der Waals surface area contributed by atoms with Gasteiger partial charge in [-0.1, -0.05) is 91.3 Å². The highest BCUT2D eigenvalue weighted by atomic mass is 79.9. The second-order valence-corrected chi connectivity index (χ2v) is 10.1. The molecule has 1 heterocycles. The van der Waals surface area contributed by atoms with E-state index < -0.39 is 0 Å². The van der Waals surface area contributed by atoms with E-state index in [1.54, 1.807) is 24.3 Å². The number of benzene rings is 3. The van der Waals surface area contributed by atoms with E-state index in [1.807, 2.05) is 38.2 Å². The molecule has 0 amide bonds. The summed E-state index contributed by atoms with van der Waals surface area (Å²) in [4.78, 5) is 7.50. The van der Waals surface area contributed by atoms with Crippen LogP contribution in [0.5, 0.6) is 0 Å². The lowest BCUT2D eigenvalue weighted by Crippen LogP contribution is -2.41. The Morgan fingerprint density at radius 3 is 1.97 bits per heavy atom. The first-order valence-electron chi connectivity index (χ1n) is 10.9. The lowest BCUT2D eigenvalue weighted by Gasteiger charge is -2.13. The van der Waals surface area contributed by atoms with Gasteiger partial charge in [0, 0.05) is 22.8 Å². The molecule has 1 N–H and O–H groups in total. The van der Waals surface area contributed by atoms with Crippen LogP contribution in [-0.4, -0.2) is 16.7 Å². The van der Waals surface area contributed by atoms with Crippen LogP contribution >= 0.6 is 31.9 Å². The fourth-order valence-electron chi connectivity index (χ4n) is 3.51. The van der Waals surface area contributed by atoms with Gasteiger partial charge in [-0.05, 0) is 60.5 Å². The summed E-state index contributed by atoms with van der Waals surface area (Å²) in [7, 11) is 0. The second-order valence-electron chi connectivity index (χ2n) is 7.96. The zero-order valence-corrected chi connectivity index (χ0v) is 22.2. The Kier molecular flexibility index (Phi) is 9.84. The molecule has 0 aliphatic heterocycles. The number of nitrogens with zero attached hydrogens (tertiary/aromatic N) is 1. The number of rotatable bonds is 6. The van der Waals surface area contributed by atoms with Crippen molar-refractivity contribution in [3.05, 3.63) is 123 Å². The maximum Gasteiger partial charge on any atom is 0.213 e. The number of nitrogens with one attached hydrogen (secondary N) is 1. The van der Waals surface area contributed by atoms with Crippen molar-refractivity contribution in [1.29, 1.82) is 0 Å². The van der Waals surface area contributed by atoms with Crippen LogP contribution in [0.25, 0.3) is 0 Å². The summed E-state index contributed by atoms with van der Waals surface area (Å²) in [6.45, 7) is 4.06. The third kappa shape index (κ3) is 8.06. The molecule has 2 nitrogen and oxygen atoms in total. The van der Waals surface area contributed by atoms with Gasteiger partial charge in [-0.2, -0.15) is 0 Å². The lowest BCUT2D eigenvalue weighted by atomic mass is 9.39. The number of aromatic amines is 1. The Hall–Kier alpha value is -2.51. The molecular formula is C27H25BBr2F2N2. The molecule has 174 valence electrons. The van der Waals surface area contributed by atoms with Gasteiger partial charge in [-0.25, -0.2) is 13.8 Å². The summed E-state index contributed by atoms with van der Waals surface area (Å²) in [6, 6.07) is 21.1. The highest BCUT2D eigenvalue weighted by Crippen LogP contribution is 2.18. The van der Waals surface area contributed by atoms with Crippen molar-refractivity contribution in [1.82, 2.24) is 9.97 Å². The van der Waals surface area contributed by atoms with E-state index in [-0.39, 0.29) is 18.3 Å². The van der Waals surface area contributed by atoms with Crippen molar-refractivity contribution in [2.24, 2.45) is 0 Å². The van der Waals surface area contributed by atoms with E-state index in [1.165, 1.54) is 29.8 Å². The fourth-order valence-corrected chi connectivity index (χ4v) is 4.13. The quantitative estimate of drug-likeness (QED) is 0.244. The maximum atomic E-state index is 13.1. The van der Waals surface area contributed by atoms with E-state index in [0.717, 1.165) is 44.1 Å². The van der Waals surface area contributed by atoms with Gasteiger partial charge >= 0.3 is 0 Å². The molecular weight excluding hydrogens is 561 g/mol. The molecule has 4 aromatic rings. The molecule has 34 heavy (non-hydrogen) atoms. The van der Waals surface area contributed by atoms with Crippen LogP contribution in [0.1, 0.15) is 24.0 Å². The van der Waals surface area contributed by atoms with Crippen LogP contribution in [0.3, 0.4) is 0 Å². The molecule has 0 saturated heterocycles. The molecule has 0 saturated carbocycles. The van der Waals surface area contributed by atoms with E-state index in [2.05, 4.69) is 54.0 Å². The van der Waals surface area contributed by atoms with Gasteiger partial charge in [-0.3, -0.25) is 0 Å². The summed E-state index contributed by atoms with van der Waals surface area (Å²) in [6.07, 6.45) is 5.53. The summed E-state index contributed by atoms with van der Waals surface area (Å²) >= 11 is 6.93. The summed E-state index contributed by atoms with van der Waals surface area (Å²) in [5, 5.41) is 0. The molecule has 1 aromatic heterocycles. The van der Waals surface area contributed by atoms with Crippen molar-refractivity contribution in [3.63, 3.8) is 0 Å². The van der Waals surface area contributed by atoms with Crippen molar-refractivity contribution in [2.45, 2.75) is 26.6 Å². The van der Waals surface area contributed by atoms with Gasteiger partial charge in [0.1, 0.15) is 17.5 Å². The first-order chi connectivity index (χ1) is 16.3. The first-order valence-corrected chi connectivity index (χ1v) is 12.5. The third-order valence-corrected chi connectivity index (χ3v) is 6.35. The molecule has 0 unspecified atom stereocenters. The zero-order chi connectivity index (χ0) is 24.5. The van der Waals surface area contributed by atoms with Crippen LogP contribution in [0.4, 0.5) is 8.78 Å². The normalized spacial score (nSPS) is 11.1. The average Bonchev–Trinajstić information content (AvgIpc) is 3.22. The number of aromatic nitrogens is 2. The number of aryl methyl sites for hydroxylation is 1. The molecule has 0 bridgehead atoms. The maximum absolute atomic E-state index is 13.1. The van der Waals surface area contributed by atoms with Gasteiger partial charge in [-0.15, -0.1) is 0 Å². The molecule has 7 heteroatoms. The van der Waals surface area contributed by atoms with E-state index in [4.69, 9.17) is 0 Å². The minimum Gasteiger partial charge on any atom is -0.346 e. The van der Waals surface area contributed by atoms with Crippen molar-refractivity contribution < 1.29 is 8.78 Å². The molecule has 0 aliphatic rings. The molecule has 0 atom stereocenters. The van der Waals surface area contributed by atoms with Crippen molar-refractivity contribution in [3.8, 4) is 0 Å². The largest absolute Gasteiger partial charge is 0.346 e. The van der Waals surface area contributed by atoms with Gasteiger partial charge in [0.15, 0.2) is 0 Å². The minimum absolute atomic E-state index is 0.0868. The molecule has 0 fully saturated rings. The van der Waals surface area contributed by atoms with Gasteiger partial charge < -0.3 is 4.98 Å². The van der Waals surface area contributed by atoms with Crippen LogP contribution < -0.4 is 10.9 Å². The average molecular weight is 586 g/mol. The highest BCUT2D eigenvalue weighted by Gasteiger charge is 2.18. The standard InChI is InChI=1S/C16H14BBrF2.C11H11BrN2/c1-12(18)10-11-17(13-2-6-15(19)7-3-13)14-4-8-16(20)9-5-14;1-8-7-13-11(14-8)6-9-4-2-3-5-10(9)12/h2-10H,11H2,1H3;2-5,7H,6H2,1H3,(H,13,14). The van der Waals surface area contributed by atoms with Crippen molar-refractivity contribution in [2.75, 3.05) is 0 Å². The lowest BCUT2D eigenvalue weighted by molar-refractivity contribution is 0.628. The number of H-pyrrole nitrogens is 1. The van der Waals surface area contributed by atoms with E-state index in [9.17, 15) is 8.78 Å².